The van der Waals surface area contributed by atoms with Crippen LogP contribution in [0.15, 0.2) is 41.3 Å². The van der Waals surface area contributed by atoms with Crippen LogP contribution in [0.2, 0.25) is 5.02 Å². The number of sulfone groups is 1. The summed E-state index contributed by atoms with van der Waals surface area (Å²) in [6.07, 6.45) is 3.28. The lowest BCUT2D eigenvalue weighted by Crippen LogP contribution is -2.40. The number of aryl methyl sites for hydroxylation is 2. The Kier molecular flexibility index (Phi) is 5.22. The van der Waals surface area contributed by atoms with Gasteiger partial charge in [-0.1, -0.05) is 29.8 Å². The molecule has 0 spiro atoms. The van der Waals surface area contributed by atoms with Gasteiger partial charge in [-0.15, -0.1) is 0 Å². The zero-order valence-electron chi connectivity index (χ0n) is 15.8. The van der Waals surface area contributed by atoms with Crippen LogP contribution in [0.3, 0.4) is 0 Å². The highest BCUT2D eigenvalue weighted by Gasteiger charge is 2.32. The zero-order valence-corrected chi connectivity index (χ0v) is 17.4. The first-order valence-corrected chi connectivity index (χ1v) is 11.2. The largest absolute Gasteiger partial charge is 0.290 e. The first-order chi connectivity index (χ1) is 12.1. The molecule has 2 aromatic rings. The fraction of sp³-hybridized carbons (Fsp3) is 0.429. The van der Waals surface area contributed by atoms with E-state index in [-0.39, 0.29) is 5.54 Å². The van der Waals surface area contributed by atoms with Crippen molar-refractivity contribution in [3.63, 3.8) is 0 Å². The average molecular weight is 392 g/mol. The van der Waals surface area contributed by atoms with E-state index in [0.717, 1.165) is 42.1 Å². The van der Waals surface area contributed by atoms with E-state index < -0.39 is 9.84 Å². The van der Waals surface area contributed by atoms with E-state index in [2.05, 4.69) is 30.9 Å². The molecule has 0 atom stereocenters. The minimum absolute atomic E-state index is 0.0256. The van der Waals surface area contributed by atoms with Crippen molar-refractivity contribution < 1.29 is 8.42 Å². The minimum atomic E-state index is -3.16. The predicted molar refractivity (Wildman–Crippen MR) is 107 cm³/mol. The van der Waals surface area contributed by atoms with Gasteiger partial charge in [-0.2, -0.15) is 0 Å². The molecule has 5 heteroatoms. The summed E-state index contributed by atoms with van der Waals surface area (Å²) in [4.78, 5) is 2.85. The predicted octanol–water partition coefficient (Wildman–Crippen LogP) is 4.78. The van der Waals surface area contributed by atoms with Crippen molar-refractivity contribution in [1.82, 2.24) is 4.90 Å². The molecule has 3 nitrogen and oxygen atoms in total. The van der Waals surface area contributed by atoms with Gasteiger partial charge in [0.2, 0.25) is 0 Å². The van der Waals surface area contributed by atoms with E-state index in [1.807, 2.05) is 25.1 Å². The second-order valence-corrected chi connectivity index (χ2v) is 10.4. The summed E-state index contributed by atoms with van der Waals surface area (Å²) in [5.74, 6) is 0. The SMILES string of the molecule is Cc1cc(CCC(C)(C)N2Cc3ccc(S(C)(=O)=O)cc3C2)ccc1Cl. The number of fused-ring (bicyclic) bond motifs is 1. The molecule has 0 saturated heterocycles. The van der Waals surface area contributed by atoms with Gasteiger partial charge in [0.25, 0.3) is 0 Å². The molecule has 26 heavy (non-hydrogen) atoms. The number of halogens is 1. The van der Waals surface area contributed by atoms with Crippen LogP contribution in [-0.2, 0) is 29.3 Å². The first kappa shape index (κ1) is 19.4. The van der Waals surface area contributed by atoms with Gasteiger partial charge in [0.15, 0.2) is 9.84 Å². The van der Waals surface area contributed by atoms with E-state index in [9.17, 15) is 8.42 Å². The molecule has 0 amide bonds. The van der Waals surface area contributed by atoms with E-state index in [4.69, 9.17) is 11.6 Å². The van der Waals surface area contributed by atoms with Crippen LogP contribution in [-0.4, -0.2) is 25.1 Å². The van der Waals surface area contributed by atoms with Crippen molar-refractivity contribution in [2.75, 3.05) is 6.26 Å². The molecule has 1 heterocycles. The van der Waals surface area contributed by atoms with E-state index >= 15 is 0 Å². The lowest BCUT2D eigenvalue weighted by atomic mass is 9.93. The van der Waals surface area contributed by atoms with Crippen molar-refractivity contribution in [2.45, 2.75) is 57.1 Å². The molecule has 1 aliphatic rings. The molecule has 0 fully saturated rings. The Labute approximate surface area is 161 Å². The molecule has 3 rings (SSSR count). The second-order valence-electron chi connectivity index (χ2n) is 7.95. The summed E-state index contributed by atoms with van der Waals surface area (Å²) < 4.78 is 23.6. The van der Waals surface area contributed by atoms with Crippen LogP contribution in [0, 0.1) is 6.92 Å². The molecule has 0 bridgehead atoms. The van der Waals surface area contributed by atoms with Gasteiger partial charge in [0.1, 0.15) is 0 Å². The molecular formula is C21H26ClNO2S. The minimum Gasteiger partial charge on any atom is -0.290 e. The number of benzene rings is 2. The van der Waals surface area contributed by atoms with Crippen LogP contribution < -0.4 is 0 Å². The fourth-order valence-electron chi connectivity index (χ4n) is 3.50. The number of hydrogen-bond acceptors (Lipinski definition) is 3. The fourth-order valence-corrected chi connectivity index (χ4v) is 4.29. The van der Waals surface area contributed by atoms with Crippen molar-refractivity contribution >= 4 is 21.4 Å². The maximum Gasteiger partial charge on any atom is 0.175 e. The Hall–Kier alpha value is -1.36. The molecule has 0 radical (unpaired) electrons. The Balaban J connectivity index is 1.71. The van der Waals surface area contributed by atoms with Gasteiger partial charge < -0.3 is 0 Å². The monoisotopic (exact) mass is 391 g/mol. The summed E-state index contributed by atoms with van der Waals surface area (Å²) in [6, 6.07) is 11.8. The standard InChI is InChI=1S/C21H26ClNO2S/c1-15-11-16(5-8-20(15)22)9-10-21(2,3)23-13-17-6-7-19(26(4,24)25)12-18(17)14-23/h5-8,11-12H,9-10,13-14H2,1-4H3. The number of hydrogen-bond donors (Lipinski definition) is 0. The van der Waals surface area contributed by atoms with Crippen LogP contribution in [0.1, 0.15) is 42.5 Å². The maximum atomic E-state index is 11.8. The third kappa shape index (κ3) is 4.13. The molecule has 0 aromatic heterocycles. The van der Waals surface area contributed by atoms with Gasteiger partial charge >= 0.3 is 0 Å². The summed E-state index contributed by atoms with van der Waals surface area (Å²) in [7, 11) is -3.16. The Morgan fingerprint density at radius 1 is 1.08 bits per heavy atom. The summed E-state index contributed by atoms with van der Waals surface area (Å²) >= 11 is 6.12. The average Bonchev–Trinajstić information content (AvgIpc) is 2.99. The van der Waals surface area contributed by atoms with Crippen LogP contribution >= 0.6 is 11.6 Å². The quantitative estimate of drug-likeness (QED) is 0.736. The Bertz CT molecular complexity index is 935. The smallest absolute Gasteiger partial charge is 0.175 e. The van der Waals surface area contributed by atoms with Crippen molar-refractivity contribution in [1.29, 1.82) is 0 Å². The molecule has 0 saturated carbocycles. The van der Waals surface area contributed by atoms with Gasteiger partial charge in [0, 0.05) is 29.9 Å². The molecule has 140 valence electrons. The van der Waals surface area contributed by atoms with Gasteiger partial charge in [0.05, 0.1) is 4.90 Å². The molecule has 1 aliphatic heterocycles. The van der Waals surface area contributed by atoms with E-state index in [1.165, 1.54) is 17.4 Å². The normalized spacial score (nSPS) is 15.3. The third-order valence-corrected chi connectivity index (χ3v) is 6.97. The van der Waals surface area contributed by atoms with Crippen molar-refractivity contribution in [3.8, 4) is 0 Å². The lowest BCUT2D eigenvalue weighted by Gasteiger charge is -2.35. The molecule has 0 N–H and O–H groups in total. The van der Waals surface area contributed by atoms with Gasteiger partial charge in [-0.05, 0) is 74.1 Å². The first-order valence-electron chi connectivity index (χ1n) is 8.88. The topological polar surface area (TPSA) is 37.4 Å². The molecular weight excluding hydrogens is 366 g/mol. The Morgan fingerprint density at radius 2 is 1.77 bits per heavy atom. The molecule has 0 unspecified atom stereocenters. The zero-order chi connectivity index (χ0) is 19.1. The second kappa shape index (κ2) is 6.99. The summed E-state index contributed by atoms with van der Waals surface area (Å²) in [5, 5.41) is 0.810. The summed E-state index contributed by atoms with van der Waals surface area (Å²) in [5.41, 5.74) is 4.80. The molecule has 0 aliphatic carbocycles. The highest BCUT2D eigenvalue weighted by molar-refractivity contribution is 7.90. The number of rotatable bonds is 5. The molecule has 2 aromatic carbocycles. The third-order valence-electron chi connectivity index (χ3n) is 5.43. The summed E-state index contributed by atoms with van der Waals surface area (Å²) in [6.45, 7) is 8.23. The lowest BCUT2D eigenvalue weighted by molar-refractivity contribution is 0.109. The maximum absolute atomic E-state index is 11.8. The van der Waals surface area contributed by atoms with Gasteiger partial charge in [-0.25, -0.2) is 8.42 Å². The van der Waals surface area contributed by atoms with Crippen molar-refractivity contribution in [2.24, 2.45) is 0 Å². The highest BCUT2D eigenvalue weighted by Crippen LogP contribution is 2.33. The van der Waals surface area contributed by atoms with E-state index in [1.54, 1.807) is 6.07 Å². The van der Waals surface area contributed by atoms with Crippen molar-refractivity contribution in [3.05, 3.63) is 63.7 Å². The Morgan fingerprint density at radius 3 is 2.42 bits per heavy atom. The van der Waals surface area contributed by atoms with Crippen LogP contribution in [0.25, 0.3) is 0 Å². The van der Waals surface area contributed by atoms with Crippen LogP contribution in [0.5, 0.6) is 0 Å². The van der Waals surface area contributed by atoms with Gasteiger partial charge in [-0.3, -0.25) is 4.90 Å². The van der Waals surface area contributed by atoms with Crippen LogP contribution in [0.4, 0.5) is 0 Å². The number of nitrogens with zero attached hydrogens (tertiary/aromatic N) is 1. The van der Waals surface area contributed by atoms with E-state index in [0.29, 0.717) is 4.90 Å². The highest BCUT2D eigenvalue weighted by atomic mass is 35.5.